The van der Waals surface area contributed by atoms with Gasteiger partial charge in [0.05, 0.1) is 4.90 Å². The van der Waals surface area contributed by atoms with Crippen molar-refractivity contribution in [2.24, 2.45) is 11.7 Å². The molecule has 0 radical (unpaired) electrons. The van der Waals surface area contributed by atoms with Gasteiger partial charge in [0.15, 0.2) is 0 Å². The van der Waals surface area contributed by atoms with Crippen LogP contribution in [0.1, 0.15) is 45.1 Å². The van der Waals surface area contributed by atoms with E-state index in [0.29, 0.717) is 13.0 Å². The number of rotatable bonds is 4. The van der Waals surface area contributed by atoms with Crippen LogP contribution in [0, 0.1) is 5.92 Å². The Morgan fingerprint density at radius 2 is 2.04 bits per heavy atom. The smallest absolute Gasteiger partial charge is 0.240 e. The fraction of sp³-hybridized carbons (Fsp3) is 0.611. The van der Waals surface area contributed by atoms with E-state index < -0.39 is 10.0 Å². The summed E-state index contributed by atoms with van der Waals surface area (Å²) in [6, 6.07) is 5.01. The Labute approximate surface area is 149 Å². The van der Waals surface area contributed by atoms with Crippen LogP contribution < -0.4 is 15.4 Å². The van der Waals surface area contributed by atoms with E-state index in [0.717, 1.165) is 36.9 Å². The zero-order valence-electron chi connectivity index (χ0n) is 14.9. The average Bonchev–Trinajstić information content (AvgIpc) is 2.90. The summed E-state index contributed by atoms with van der Waals surface area (Å²) in [5.41, 5.74) is 7.53. The summed E-state index contributed by atoms with van der Waals surface area (Å²) in [4.78, 5) is 13.8. The van der Waals surface area contributed by atoms with E-state index in [-0.39, 0.29) is 28.8 Å². The molecule has 3 atom stereocenters. The van der Waals surface area contributed by atoms with Gasteiger partial charge >= 0.3 is 0 Å². The third-order valence-corrected chi connectivity index (χ3v) is 6.92. The standard InChI is InChI=1S/C18H27N3O3S/c1-12-9-15-10-16(7-8-18(15)21(12)13(2)22)25(23,24)20-17-6-4-3-5-14(17)11-19/h7-8,10,12,14,17,20H,3-6,9,11,19H2,1-2H3. The maximum Gasteiger partial charge on any atom is 0.240 e. The van der Waals surface area contributed by atoms with E-state index in [1.807, 2.05) is 6.92 Å². The first-order valence-corrected chi connectivity index (χ1v) is 10.5. The SMILES string of the molecule is CC(=O)N1c2ccc(S(=O)(=O)NC3CCCCC3CN)cc2CC1C. The third-order valence-electron chi connectivity index (χ3n) is 5.43. The largest absolute Gasteiger partial charge is 0.330 e. The number of hydrogen-bond acceptors (Lipinski definition) is 4. The molecule has 1 aromatic rings. The molecule has 1 fully saturated rings. The fourth-order valence-corrected chi connectivity index (χ4v) is 5.56. The molecule has 1 aliphatic carbocycles. The van der Waals surface area contributed by atoms with Crippen molar-refractivity contribution >= 4 is 21.6 Å². The predicted molar refractivity (Wildman–Crippen MR) is 97.9 cm³/mol. The van der Waals surface area contributed by atoms with Gasteiger partial charge in [-0.25, -0.2) is 13.1 Å². The van der Waals surface area contributed by atoms with Crippen molar-refractivity contribution in [2.75, 3.05) is 11.4 Å². The molecule has 138 valence electrons. The average molecular weight is 365 g/mol. The number of nitrogens with zero attached hydrogens (tertiary/aromatic N) is 1. The van der Waals surface area contributed by atoms with Gasteiger partial charge in [0.2, 0.25) is 15.9 Å². The third kappa shape index (κ3) is 3.59. The van der Waals surface area contributed by atoms with Gasteiger partial charge in [0.1, 0.15) is 0 Å². The van der Waals surface area contributed by atoms with Crippen LogP contribution in [0.5, 0.6) is 0 Å². The molecule has 0 saturated heterocycles. The van der Waals surface area contributed by atoms with Crippen LogP contribution in [-0.2, 0) is 21.2 Å². The van der Waals surface area contributed by atoms with Crippen molar-refractivity contribution in [3.63, 3.8) is 0 Å². The van der Waals surface area contributed by atoms with Gasteiger partial charge < -0.3 is 10.6 Å². The second-order valence-electron chi connectivity index (χ2n) is 7.24. The predicted octanol–water partition coefficient (Wildman–Crippen LogP) is 1.78. The highest BCUT2D eigenvalue weighted by Gasteiger charge is 2.32. The summed E-state index contributed by atoms with van der Waals surface area (Å²) in [6.07, 6.45) is 4.62. The van der Waals surface area contributed by atoms with E-state index in [9.17, 15) is 13.2 Å². The number of sulfonamides is 1. The maximum absolute atomic E-state index is 12.8. The molecule has 6 nitrogen and oxygen atoms in total. The van der Waals surface area contributed by atoms with Gasteiger partial charge in [-0.1, -0.05) is 12.8 Å². The van der Waals surface area contributed by atoms with Crippen LogP contribution in [0.3, 0.4) is 0 Å². The molecule has 1 amide bonds. The number of amides is 1. The molecule has 0 aromatic heterocycles. The number of hydrogen-bond donors (Lipinski definition) is 2. The van der Waals surface area contributed by atoms with Crippen LogP contribution in [0.4, 0.5) is 5.69 Å². The fourth-order valence-electron chi connectivity index (χ4n) is 4.17. The highest BCUT2D eigenvalue weighted by molar-refractivity contribution is 7.89. The lowest BCUT2D eigenvalue weighted by Crippen LogP contribution is -2.44. The normalized spacial score (nSPS) is 26.5. The summed E-state index contributed by atoms with van der Waals surface area (Å²) in [6.45, 7) is 4.01. The van der Waals surface area contributed by atoms with Crippen molar-refractivity contribution in [3.05, 3.63) is 23.8 Å². The number of benzene rings is 1. The summed E-state index contributed by atoms with van der Waals surface area (Å²) in [5, 5.41) is 0. The van der Waals surface area contributed by atoms with Gasteiger partial charge in [0, 0.05) is 24.7 Å². The van der Waals surface area contributed by atoms with Gasteiger partial charge in [-0.05, 0) is 62.4 Å². The first-order valence-electron chi connectivity index (χ1n) is 8.98. The molecule has 3 N–H and O–H groups in total. The van der Waals surface area contributed by atoms with Crippen molar-refractivity contribution in [1.29, 1.82) is 0 Å². The molecule has 1 saturated carbocycles. The van der Waals surface area contributed by atoms with E-state index in [4.69, 9.17) is 5.73 Å². The van der Waals surface area contributed by atoms with Crippen LogP contribution in [0.25, 0.3) is 0 Å². The minimum absolute atomic E-state index is 0.0204. The van der Waals surface area contributed by atoms with Gasteiger partial charge in [0.25, 0.3) is 0 Å². The molecule has 3 rings (SSSR count). The molecular formula is C18H27N3O3S. The van der Waals surface area contributed by atoms with Gasteiger partial charge in [-0.3, -0.25) is 4.79 Å². The zero-order chi connectivity index (χ0) is 18.2. The Kier molecular flexibility index (Phi) is 5.18. The van der Waals surface area contributed by atoms with E-state index in [1.165, 1.54) is 6.92 Å². The minimum atomic E-state index is -3.59. The highest BCUT2D eigenvalue weighted by atomic mass is 32.2. The molecule has 2 aliphatic rings. The summed E-state index contributed by atoms with van der Waals surface area (Å²) >= 11 is 0. The Morgan fingerprint density at radius 1 is 1.32 bits per heavy atom. The Balaban J connectivity index is 1.84. The van der Waals surface area contributed by atoms with E-state index >= 15 is 0 Å². The van der Waals surface area contributed by atoms with Crippen LogP contribution >= 0.6 is 0 Å². The Morgan fingerprint density at radius 3 is 2.72 bits per heavy atom. The number of nitrogens with one attached hydrogen (secondary N) is 1. The molecule has 7 heteroatoms. The van der Waals surface area contributed by atoms with Crippen LogP contribution in [-0.4, -0.2) is 33.0 Å². The Bertz CT molecular complexity index is 763. The van der Waals surface area contributed by atoms with Crippen molar-refractivity contribution in [1.82, 2.24) is 4.72 Å². The zero-order valence-corrected chi connectivity index (χ0v) is 15.7. The molecule has 1 aromatic carbocycles. The minimum Gasteiger partial charge on any atom is -0.330 e. The molecular weight excluding hydrogens is 338 g/mol. The lowest BCUT2D eigenvalue weighted by atomic mass is 9.85. The molecule has 3 unspecified atom stereocenters. The van der Waals surface area contributed by atoms with E-state index in [1.54, 1.807) is 23.1 Å². The molecule has 0 spiro atoms. The second-order valence-corrected chi connectivity index (χ2v) is 8.95. The summed E-state index contributed by atoms with van der Waals surface area (Å²) in [7, 11) is -3.59. The number of carbonyl (C=O) groups excluding carboxylic acids is 1. The number of fused-ring (bicyclic) bond motifs is 1. The van der Waals surface area contributed by atoms with Crippen LogP contribution in [0.2, 0.25) is 0 Å². The summed E-state index contributed by atoms with van der Waals surface area (Å²) < 4.78 is 28.5. The lowest BCUT2D eigenvalue weighted by molar-refractivity contribution is -0.116. The first-order chi connectivity index (χ1) is 11.8. The monoisotopic (exact) mass is 365 g/mol. The van der Waals surface area contributed by atoms with Crippen molar-refractivity contribution in [3.8, 4) is 0 Å². The lowest BCUT2D eigenvalue weighted by Gasteiger charge is -2.31. The molecule has 1 aliphatic heterocycles. The quantitative estimate of drug-likeness (QED) is 0.851. The van der Waals surface area contributed by atoms with Gasteiger partial charge in [-0.2, -0.15) is 0 Å². The molecule has 0 bridgehead atoms. The Hall–Kier alpha value is -1.44. The number of carbonyl (C=O) groups is 1. The van der Waals surface area contributed by atoms with Gasteiger partial charge in [-0.15, -0.1) is 0 Å². The maximum atomic E-state index is 12.8. The number of anilines is 1. The summed E-state index contributed by atoms with van der Waals surface area (Å²) in [5.74, 6) is 0.180. The topological polar surface area (TPSA) is 92.5 Å². The first kappa shape index (κ1) is 18.4. The number of nitrogens with two attached hydrogens (primary N) is 1. The second kappa shape index (κ2) is 7.05. The van der Waals surface area contributed by atoms with E-state index in [2.05, 4.69) is 4.72 Å². The van der Waals surface area contributed by atoms with Crippen molar-refractivity contribution < 1.29 is 13.2 Å². The molecule has 25 heavy (non-hydrogen) atoms. The van der Waals surface area contributed by atoms with Crippen molar-refractivity contribution in [2.45, 2.75) is 62.9 Å². The molecule has 1 heterocycles. The highest BCUT2D eigenvalue weighted by Crippen LogP contribution is 2.34. The van der Waals surface area contributed by atoms with Crippen LogP contribution in [0.15, 0.2) is 23.1 Å².